The fourth-order valence-corrected chi connectivity index (χ4v) is 9.00. The van der Waals surface area contributed by atoms with Gasteiger partial charge in [-0.05, 0) is 69.1 Å². The molecule has 0 spiro atoms. The lowest BCUT2D eigenvalue weighted by Gasteiger charge is -2.51. The standard InChI is InChI=1S/C39H43F6N3O7S/c1-2-7-30-37(55-26-21-31(56-23-26)39(43,44)45,13-6-17-48(30)33(49)32-28(38(40,41)42)9-5-16-46-32)35(52)47-18-14-36(53,15-19-47)27-8-3-4-10-29(27)54-22-24-11-12-25(20-24)34(50)51/h3-5,8-10,16,21,23-25,30,53H,2,6-7,11-15,17-20,22H2,1H3,(H,50,51)/t24?,25?,30-,37+/m1/s1. The number of amides is 2. The van der Waals surface area contributed by atoms with Crippen molar-refractivity contribution in [3.05, 3.63) is 75.7 Å². The van der Waals surface area contributed by atoms with Crippen LogP contribution in [0.15, 0.2) is 54.0 Å². The van der Waals surface area contributed by atoms with Crippen molar-refractivity contribution in [2.75, 3.05) is 26.2 Å². The van der Waals surface area contributed by atoms with E-state index in [0.717, 1.165) is 34.7 Å². The maximum absolute atomic E-state index is 14.9. The molecule has 0 bridgehead atoms. The molecule has 10 nitrogen and oxygen atoms in total. The van der Waals surface area contributed by atoms with Gasteiger partial charge < -0.3 is 29.5 Å². The Morgan fingerprint density at radius 1 is 0.982 bits per heavy atom. The molecule has 304 valence electrons. The summed E-state index contributed by atoms with van der Waals surface area (Å²) in [7, 11) is 0. The molecule has 2 aromatic heterocycles. The predicted octanol–water partition coefficient (Wildman–Crippen LogP) is 7.79. The second kappa shape index (κ2) is 16.2. The van der Waals surface area contributed by atoms with Gasteiger partial charge in [-0.25, -0.2) is 0 Å². The summed E-state index contributed by atoms with van der Waals surface area (Å²) < 4.78 is 95.8. The number of pyridine rings is 1. The third kappa shape index (κ3) is 8.48. The van der Waals surface area contributed by atoms with Crippen molar-refractivity contribution in [2.45, 2.75) is 94.3 Å². The molecule has 6 rings (SSSR count). The van der Waals surface area contributed by atoms with Crippen molar-refractivity contribution in [3.63, 3.8) is 0 Å². The highest BCUT2D eigenvalue weighted by Crippen LogP contribution is 2.45. The van der Waals surface area contributed by atoms with Crippen LogP contribution in [0.1, 0.15) is 91.2 Å². The van der Waals surface area contributed by atoms with Crippen LogP contribution < -0.4 is 9.47 Å². The van der Waals surface area contributed by atoms with E-state index in [1.54, 1.807) is 31.2 Å². The predicted molar refractivity (Wildman–Crippen MR) is 191 cm³/mol. The lowest BCUT2D eigenvalue weighted by Crippen LogP contribution is -2.68. The van der Waals surface area contributed by atoms with Gasteiger partial charge in [0, 0.05) is 49.3 Å². The molecule has 2 saturated heterocycles. The number of aliphatic carboxylic acids is 1. The Morgan fingerprint density at radius 3 is 2.36 bits per heavy atom. The first-order valence-corrected chi connectivity index (χ1v) is 19.5. The molecule has 2 amide bonds. The molecular weight excluding hydrogens is 768 g/mol. The number of halogens is 6. The third-order valence-corrected chi connectivity index (χ3v) is 12.1. The number of para-hydroxylation sites is 1. The first kappa shape index (κ1) is 41.3. The fraction of sp³-hybridized carbons (Fsp3) is 0.538. The number of likely N-dealkylation sites (tertiary alicyclic amines) is 2. The van der Waals surface area contributed by atoms with Crippen molar-refractivity contribution in [3.8, 4) is 11.5 Å². The molecule has 2 unspecified atom stereocenters. The van der Waals surface area contributed by atoms with E-state index in [0.29, 0.717) is 48.3 Å². The average molecular weight is 812 g/mol. The first-order valence-electron chi connectivity index (χ1n) is 18.6. The Kier molecular flexibility index (Phi) is 12.0. The van der Waals surface area contributed by atoms with E-state index in [9.17, 15) is 50.9 Å². The number of alkyl halides is 6. The van der Waals surface area contributed by atoms with Crippen LogP contribution in [0.3, 0.4) is 0 Å². The number of hydrogen-bond acceptors (Lipinski definition) is 8. The number of thiophene rings is 1. The molecule has 3 fully saturated rings. The van der Waals surface area contributed by atoms with Crippen LogP contribution in [-0.4, -0.2) is 80.7 Å². The van der Waals surface area contributed by atoms with E-state index >= 15 is 0 Å². The number of benzene rings is 1. The molecule has 1 aliphatic carbocycles. The van der Waals surface area contributed by atoms with Crippen LogP contribution in [-0.2, 0) is 27.5 Å². The van der Waals surface area contributed by atoms with Crippen LogP contribution >= 0.6 is 11.3 Å². The molecule has 1 aromatic carbocycles. The van der Waals surface area contributed by atoms with Crippen LogP contribution in [0.4, 0.5) is 26.3 Å². The quantitative estimate of drug-likeness (QED) is 0.188. The number of nitrogens with zero attached hydrogens (tertiary/aromatic N) is 3. The molecule has 2 aliphatic heterocycles. The summed E-state index contributed by atoms with van der Waals surface area (Å²) in [6.45, 7) is 1.90. The topological polar surface area (TPSA) is 130 Å². The Balaban J connectivity index is 1.29. The summed E-state index contributed by atoms with van der Waals surface area (Å²) in [4.78, 5) is 45.8. The Labute approximate surface area is 323 Å². The Bertz CT molecular complexity index is 1900. The van der Waals surface area contributed by atoms with E-state index in [1.807, 2.05) is 0 Å². The monoisotopic (exact) mass is 811 g/mol. The van der Waals surface area contributed by atoms with E-state index in [1.165, 1.54) is 4.90 Å². The lowest BCUT2D eigenvalue weighted by molar-refractivity contribution is -0.163. The fourth-order valence-electron chi connectivity index (χ4n) is 8.33. The van der Waals surface area contributed by atoms with Crippen molar-refractivity contribution in [1.29, 1.82) is 0 Å². The summed E-state index contributed by atoms with van der Waals surface area (Å²) in [5.74, 6) is -2.83. The van der Waals surface area contributed by atoms with Gasteiger partial charge in [0.2, 0.25) is 5.60 Å². The van der Waals surface area contributed by atoms with Crippen molar-refractivity contribution in [1.82, 2.24) is 14.8 Å². The van der Waals surface area contributed by atoms with Crippen LogP contribution in [0.2, 0.25) is 0 Å². The zero-order chi connectivity index (χ0) is 40.5. The lowest BCUT2D eigenvalue weighted by atomic mass is 9.78. The van der Waals surface area contributed by atoms with Gasteiger partial charge in [0.05, 0.1) is 29.7 Å². The molecule has 4 atom stereocenters. The molecule has 3 aromatic rings. The van der Waals surface area contributed by atoms with Gasteiger partial charge in [0.1, 0.15) is 22.1 Å². The number of aliphatic hydroxyl groups is 1. The first-order chi connectivity index (χ1) is 26.5. The van der Waals surface area contributed by atoms with Crippen LogP contribution in [0.5, 0.6) is 11.5 Å². The number of ether oxygens (including phenoxy) is 2. The maximum atomic E-state index is 14.9. The number of piperidine rings is 2. The van der Waals surface area contributed by atoms with Gasteiger partial charge in [0.15, 0.2) is 0 Å². The number of carboxylic acids is 1. The largest absolute Gasteiger partial charge is 0.493 e. The minimum Gasteiger partial charge on any atom is -0.493 e. The molecule has 4 heterocycles. The molecule has 0 radical (unpaired) electrons. The van der Waals surface area contributed by atoms with Crippen molar-refractivity contribution < 1.29 is 60.4 Å². The van der Waals surface area contributed by atoms with Gasteiger partial charge in [-0.3, -0.25) is 19.4 Å². The summed E-state index contributed by atoms with van der Waals surface area (Å²) in [6.07, 6.45) is -6.33. The van der Waals surface area contributed by atoms with Crippen LogP contribution in [0.25, 0.3) is 0 Å². The number of carbonyl (C=O) groups excluding carboxylic acids is 2. The molecule has 1 saturated carbocycles. The minimum atomic E-state index is -4.92. The Morgan fingerprint density at radius 2 is 1.71 bits per heavy atom. The van der Waals surface area contributed by atoms with Crippen molar-refractivity contribution >= 4 is 29.1 Å². The number of hydrogen-bond donors (Lipinski definition) is 2. The van der Waals surface area contributed by atoms with Crippen LogP contribution in [0, 0.1) is 11.8 Å². The molecular formula is C39H43F6N3O7S. The smallest absolute Gasteiger partial charge is 0.425 e. The highest BCUT2D eigenvalue weighted by atomic mass is 32.1. The average Bonchev–Trinajstić information content (AvgIpc) is 3.85. The molecule has 56 heavy (non-hydrogen) atoms. The second-order valence-corrected chi connectivity index (χ2v) is 15.7. The second-order valence-electron chi connectivity index (χ2n) is 14.8. The van der Waals surface area contributed by atoms with E-state index in [-0.39, 0.29) is 70.0 Å². The van der Waals surface area contributed by atoms with Gasteiger partial charge in [0.25, 0.3) is 11.8 Å². The minimum absolute atomic E-state index is 0.0274. The number of rotatable bonds is 11. The van der Waals surface area contributed by atoms with Gasteiger partial charge in [-0.2, -0.15) is 26.3 Å². The Hall–Kier alpha value is -4.38. The molecule has 2 N–H and O–H groups in total. The van der Waals surface area contributed by atoms with E-state index < -0.39 is 69.4 Å². The zero-order valence-corrected chi connectivity index (χ0v) is 31.4. The van der Waals surface area contributed by atoms with E-state index in [2.05, 4.69) is 4.98 Å². The number of aromatic nitrogens is 1. The van der Waals surface area contributed by atoms with Gasteiger partial charge in [-0.1, -0.05) is 31.5 Å². The SMILES string of the molecule is CCC[C@H]1N(C(=O)c2ncccc2C(F)(F)F)CCC[C@@]1(Oc1csc(C(F)(F)F)c1)C(=O)N1CCC(O)(c2ccccc2OCC2CCC(C(=O)O)C2)CC1. The summed E-state index contributed by atoms with van der Waals surface area (Å²) in [5, 5.41) is 22.5. The van der Waals surface area contributed by atoms with E-state index in [4.69, 9.17) is 9.47 Å². The molecule has 17 heteroatoms. The highest BCUT2D eigenvalue weighted by molar-refractivity contribution is 7.10. The number of carbonyl (C=O) groups is 3. The molecule has 3 aliphatic rings. The third-order valence-electron chi connectivity index (χ3n) is 11.1. The summed E-state index contributed by atoms with van der Waals surface area (Å²) in [5.41, 5.74) is -5.09. The zero-order valence-electron chi connectivity index (χ0n) is 30.6. The van der Waals surface area contributed by atoms with Gasteiger partial charge in [-0.15, -0.1) is 11.3 Å². The van der Waals surface area contributed by atoms with Gasteiger partial charge >= 0.3 is 18.3 Å². The highest BCUT2D eigenvalue weighted by Gasteiger charge is 2.57. The number of carboxylic acid groups (broad SMARTS) is 1. The normalized spacial score (nSPS) is 24.2. The van der Waals surface area contributed by atoms with Crippen molar-refractivity contribution in [2.24, 2.45) is 11.8 Å². The maximum Gasteiger partial charge on any atom is 0.425 e. The summed E-state index contributed by atoms with van der Waals surface area (Å²) in [6, 6.07) is 8.28. The summed E-state index contributed by atoms with van der Waals surface area (Å²) >= 11 is 0.365.